The van der Waals surface area contributed by atoms with Crippen LogP contribution >= 0.6 is 38.6 Å². The maximum Gasteiger partial charge on any atom is 0.242 e. The molecule has 2 rings (SSSR count). The van der Waals surface area contributed by atoms with Crippen molar-refractivity contribution in [1.29, 1.82) is 0 Å². The number of halogens is 1. The van der Waals surface area contributed by atoms with Gasteiger partial charge in [-0.05, 0) is 45.9 Å². The number of aryl methyl sites for hydroxylation is 1. The average Bonchev–Trinajstić information content (AvgIpc) is 2.93. The standard InChI is InChI=1S/C11H13BrN2O2S3/c1-7-6-17-9(4-13)11(7)19(15,16)14-5-8-2-3-10(12)18-8/h2-3,6,14H,4-5,13H2,1H3. The van der Waals surface area contributed by atoms with Crippen LogP contribution in [0.15, 0.2) is 26.2 Å². The summed E-state index contributed by atoms with van der Waals surface area (Å²) >= 11 is 6.24. The van der Waals surface area contributed by atoms with Crippen molar-refractivity contribution in [3.63, 3.8) is 0 Å². The van der Waals surface area contributed by atoms with Crippen molar-refractivity contribution in [2.75, 3.05) is 0 Å². The SMILES string of the molecule is Cc1csc(CN)c1S(=O)(=O)NCc1ccc(Br)s1. The minimum absolute atomic E-state index is 0.235. The van der Waals surface area contributed by atoms with Gasteiger partial charge in [0.05, 0.1) is 3.79 Å². The Balaban J connectivity index is 2.20. The first-order chi connectivity index (χ1) is 8.94. The van der Waals surface area contributed by atoms with Crippen molar-refractivity contribution in [3.8, 4) is 0 Å². The van der Waals surface area contributed by atoms with E-state index in [1.807, 2.05) is 17.5 Å². The summed E-state index contributed by atoms with van der Waals surface area (Å²) in [6.07, 6.45) is 0. The van der Waals surface area contributed by atoms with Crippen LogP contribution in [-0.4, -0.2) is 8.42 Å². The van der Waals surface area contributed by atoms with Gasteiger partial charge in [0.15, 0.2) is 0 Å². The second-order valence-corrected chi connectivity index (χ2v) is 9.12. The van der Waals surface area contributed by atoms with Gasteiger partial charge in [-0.25, -0.2) is 13.1 Å². The van der Waals surface area contributed by atoms with E-state index in [1.165, 1.54) is 22.7 Å². The Bertz CT molecular complexity index is 676. The largest absolute Gasteiger partial charge is 0.326 e. The Kier molecular flexibility index (Phi) is 4.80. The molecule has 0 saturated heterocycles. The van der Waals surface area contributed by atoms with Gasteiger partial charge in [-0.3, -0.25) is 0 Å². The molecule has 2 aromatic heterocycles. The zero-order chi connectivity index (χ0) is 14.0. The fraction of sp³-hybridized carbons (Fsp3) is 0.273. The van der Waals surface area contributed by atoms with Crippen molar-refractivity contribution < 1.29 is 8.42 Å². The summed E-state index contributed by atoms with van der Waals surface area (Å²) in [6, 6.07) is 3.79. The highest BCUT2D eigenvalue weighted by molar-refractivity contribution is 9.11. The monoisotopic (exact) mass is 380 g/mol. The lowest BCUT2D eigenvalue weighted by Gasteiger charge is -2.07. The van der Waals surface area contributed by atoms with Crippen LogP contribution in [0.25, 0.3) is 0 Å². The normalized spacial score (nSPS) is 11.9. The van der Waals surface area contributed by atoms with E-state index in [0.717, 1.165) is 14.2 Å². The predicted octanol–water partition coefficient (Wildman–Crippen LogP) is 2.82. The van der Waals surface area contributed by atoms with E-state index in [2.05, 4.69) is 20.7 Å². The van der Waals surface area contributed by atoms with Crippen molar-refractivity contribution in [2.24, 2.45) is 5.73 Å². The van der Waals surface area contributed by atoms with Crippen molar-refractivity contribution in [1.82, 2.24) is 4.72 Å². The van der Waals surface area contributed by atoms with Crippen LogP contribution in [0.4, 0.5) is 0 Å². The molecule has 4 nitrogen and oxygen atoms in total. The van der Waals surface area contributed by atoms with E-state index in [1.54, 1.807) is 6.92 Å². The van der Waals surface area contributed by atoms with Gasteiger partial charge in [0.1, 0.15) is 4.90 Å². The number of thiophene rings is 2. The fourth-order valence-corrected chi connectivity index (χ4v) is 5.89. The molecule has 3 N–H and O–H groups in total. The number of nitrogens with one attached hydrogen (secondary N) is 1. The number of sulfonamides is 1. The Morgan fingerprint density at radius 3 is 2.74 bits per heavy atom. The molecule has 0 radical (unpaired) electrons. The number of hydrogen-bond donors (Lipinski definition) is 2. The molecular formula is C11H13BrN2O2S3. The third kappa shape index (κ3) is 3.45. The highest BCUT2D eigenvalue weighted by atomic mass is 79.9. The van der Waals surface area contributed by atoms with Gasteiger partial charge < -0.3 is 5.73 Å². The average molecular weight is 381 g/mol. The maximum atomic E-state index is 12.3. The van der Waals surface area contributed by atoms with Crippen LogP contribution in [0.3, 0.4) is 0 Å². The number of rotatable bonds is 5. The lowest BCUT2D eigenvalue weighted by atomic mass is 10.3. The molecule has 0 bridgehead atoms. The number of nitrogens with two attached hydrogens (primary N) is 1. The van der Waals surface area contributed by atoms with E-state index in [9.17, 15) is 8.42 Å². The second-order valence-electron chi connectivity index (χ2n) is 3.91. The molecule has 0 aromatic carbocycles. The molecule has 0 amide bonds. The van der Waals surface area contributed by atoms with E-state index < -0.39 is 10.0 Å². The molecule has 0 atom stereocenters. The highest BCUT2D eigenvalue weighted by Crippen LogP contribution is 2.27. The van der Waals surface area contributed by atoms with Gasteiger partial charge in [0.2, 0.25) is 10.0 Å². The first-order valence-corrected chi connectivity index (χ1v) is 9.42. The van der Waals surface area contributed by atoms with Gasteiger partial charge >= 0.3 is 0 Å². The Hall–Kier alpha value is -0.250. The van der Waals surface area contributed by atoms with Gasteiger partial charge in [-0.15, -0.1) is 22.7 Å². The molecule has 0 aliphatic carbocycles. The summed E-state index contributed by atoms with van der Waals surface area (Å²) in [5.41, 5.74) is 6.33. The van der Waals surface area contributed by atoms with Gasteiger partial charge in [0.25, 0.3) is 0 Å². The molecule has 19 heavy (non-hydrogen) atoms. The number of hydrogen-bond acceptors (Lipinski definition) is 5. The predicted molar refractivity (Wildman–Crippen MR) is 83.0 cm³/mol. The summed E-state index contributed by atoms with van der Waals surface area (Å²) in [7, 11) is -3.51. The molecule has 0 saturated carbocycles. The third-order valence-electron chi connectivity index (χ3n) is 2.51. The topological polar surface area (TPSA) is 72.2 Å². The summed E-state index contributed by atoms with van der Waals surface area (Å²) in [5, 5.41) is 1.82. The zero-order valence-corrected chi connectivity index (χ0v) is 14.2. The van der Waals surface area contributed by atoms with E-state index in [0.29, 0.717) is 9.77 Å². The van der Waals surface area contributed by atoms with E-state index in [4.69, 9.17) is 5.73 Å². The van der Waals surface area contributed by atoms with Crippen LogP contribution in [0.1, 0.15) is 15.3 Å². The molecule has 0 unspecified atom stereocenters. The smallest absolute Gasteiger partial charge is 0.242 e. The Labute approximate surface area is 128 Å². The van der Waals surface area contributed by atoms with Crippen LogP contribution in [0, 0.1) is 6.92 Å². The van der Waals surface area contributed by atoms with Crippen LogP contribution in [0.2, 0.25) is 0 Å². The molecule has 8 heteroatoms. The zero-order valence-electron chi connectivity index (χ0n) is 10.1. The lowest BCUT2D eigenvalue weighted by Crippen LogP contribution is -2.24. The molecule has 0 spiro atoms. The molecule has 0 fully saturated rings. The first kappa shape index (κ1) is 15.1. The summed E-state index contributed by atoms with van der Waals surface area (Å²) in [6.45, 7) is 2.31. The van der Waals surface area contributed by atoms with Gasteiger partial charge in [-0.1, -0.05) is 0 Å². The van der Waals surface area contributed by atoms with E-state index in [-0.39, 0.29) is 13.1 Å². The van der Waals surface area contributed by atoms with Gasteiger partial charge in [-0.2, -0.15) is 0 Å². The van der Waals surface area contributed by atoms with Crippen molar-refractivity contribution in [3.05, 3.63) is 36.6 Å². The Morgan fingerprint density at radius 2 is 2.16 bits per heavy atom. The van der Waals surface area contributed by atoms with Crippen LogP contribution in [-0.2, 0) is 23.1 Å². The quantitative estimate of drug-likeness (QED) is 0.837. The second kappa shape index (κ2) is 6.02. The van der Waals surface area contributed by atoms with Crippen LogP contribution in [0.5, 0.6) is 0 Å². The maximum absolute atomic E-state index is 12.3. The van der Waals surface area contributed by atoms with Crippen LogP contribution < -0.4 is 10.5 Å². The first-order valence-electron chi connectivity index (χ1n) is 5.45. The van der Waals surface area contributed by atoms with Gasteiger partial charge in [0, 0.05) is 22.8 Å². The minimum atomic E-state index is -3.51. The molecule has 104 valence electrons. The van der Waals surface area contributed by atoms with Crippen molar-refractivity contribution in [2.45, 2.75) is 24.9 Å². The molecule has 0 aliphatic heterocycles. The molecular weight excluding hydrogens is 368 g/mol. The summed E-state index contributed by atoms with van der Waals surface area (Å²) < 4.78 is 28.2. The lowest BCUT2D eigenvalue weighted by molar-refractivity contribution is 0.580. The summed E-state index contributed by atoms with van der Waals surface area (Å²) in [4.78, 5) is 1.98. The highest BCUT2D eigenvalue weighted by Gasteiger charge is 2.22. The molecule has 2 aromatic rings. The Morgan fingerprint density at radius 1 is 1.42 bits per heavy atom. The third-order valence-corrected chi connectivity index (χ3v) is 7.02. The fourth-order valence-electron chi connectivity index (χ4n) is 1.67. The summed E-state index contributed by atoms with van der Waals surface area (Å²) in [5.74, 6) is 0. The minimum Gasteiger partial charge on any atom is -0.326 e. The molecule has 0 aliphatic rings. The van der Waals surface area contributed by atoms with Crippen molar-refractivity contribution >= 4 is 48.6 Å². The van der Waals surface area contributed by atoms with E-state index >= 15 is 0 Å². The molecule has 2 heterocycles.